The summed E-state index contributed by atoms with van der Waals surface area (Å²) in [4.78, 5) is 16.3. The van der Waals surface area contributed by atoms with Crippen molar-refractivity contribution in [2.24, 2.45) is 5.73 Å². The number of nitrogens with zero attached hydrogens (tertiary/aromatic N) is 2. The minimum atomic E-state index is -0.471. The molecule has 1 atom stereocenters. The first-order chi connectivity index (χ1) is 9.70. The molecule has 5 nitrogen and oxygen atoms in total. The Kier molecular flexibility index (Phi) is 5.52. The normalized spacial score (nSPS) is 18.0. The zero-order valence-electron chi connectivity index (χ0n) is 11.7. The van der Waals surface area contributed by atoms with Crippen LogP contribution in [0.1, 0.15) is 5.56 Å². The maximum atomic E-state index is 12.3. The van der Waals surface area contributed by atoms with Crippen LogP contribution in [0.2, 0.25) is 0 Å². The Labute approximate surface area is 120 Å². The highest BCUT2D eigenvalue weighted by Gasteiger charge is 2.24. The first kappa shape index (κ1) is 15.0. The fourth-order valence-electron chi connectivity index (χ4n) is 2.52. The summed E-state index contributed by atoms with van der Waals surface area (Å²) in [5.74, 6) is 0.0255. The second kappa shape index (κ2) is 7.38. The van der Waals surface area contributed by atoms with Crippen molar-refractivity contribution in [3.8, 4) is 0 Å². The predicted octanol–water partition coefficient (Wildman–Crippen LogP) is -0.307. The zero-order chi connectivity index (χ0) is 14.4. The van der Waals surface area contributed by atoms with Gasteiger partial charge >= 0.3 is 0 Å². The molecule has 0 aromatic heterocycles. The van der Waals surface area contributed by atoms with Crippen LogP contribution in [0.15, 0.2) is 30.3 Å². The van der Waals surface area contributed by atoms with Crippen molar-refractivity contribution in [2.75, 3.05) is 39.3 Å². The summed E-state index contributed by atoms with van der Waals surface area (Å²) in [7, 11) is 0. The van der Waals surface area contributed by atoms with E-state index in [1.165, 1.54) is 0 Å². The lowest BCUT2D eigenvalue weighted by molar-refractivity contribution is -0.134. The van der Waals surface area contributed by atoms with Crippen molar-refractivity contribution < 1.29 is 9.90 Å². The summed E-state index contributed by atoms with van der Waals surface area (Å²) in [5, 5.41) is 8.90. The Morgan fingerprint density at radius 1 is 1.20 bits per heavy atom. The van der Waals surface area contributed by atoms with Crippen LogP contribution in [-0.4, -0.2) is 66.2 Å². The van der Waals surface area contributed by atoms with Gasteiger partial charge in [-0.2, -0.15) is 0 Å². The fourth-order valence-corrected chi connectivity index (χ4v) is 2.52. The SMILES string of the molecule is N[C@@H](Cc1ccccc1)C(=O)N1CCN(CCO)CC1. The molecule has 0 saturated carbocycles. The second-order valence-corrected chi connectivity index (χ2v) is 5.19. The van der Waals surface area contributed by atoms with E-state index in [9.17, 15) is 4.79 Å². The molecule has 20 heavy (non-hydrogen) atoms. The lowest BCUT2D eigenvalue weighted by Crippen LogP contribution is -2.53. The third-order valence-corrected chi connectivity index (χ3v) is 3.72. The van der Waals surface area contributed by atoms with Crippen LogP contribution < -0.4 is 5.73 Å². The molecule has 5 heteroatoms. The van der Waals surface area contributed by atoms with E-state index in [0.29, 0.717) is 26.1 Å². The van der Waals surface area contributed by atoms with E-state index >= 15 is 0 Å². The highest BCUT2D eigenvalue weighted by Crippen LogP contribution is 2.07. The van der Waals surface area contributed by atoms with Gasteiger partial charge in [0.2, 0.25) is 5.91 Å². The van der Waals surface area contributed by atoms with Gasteiger partial charge in [0.25, 0.3) is 0 Å². The van der Waals surface area contributed by atoms with Crippen LogP contribution in [0.25, 0.3) is 0 Å². The number of nitrogens with two attached hydrogens (primary N) is 1. The van der Waals surface area contributed by atoms with Gasteiger partial charge in [-0.3, -0.25) is 9.69 Å². The van der Waals surface area contributed by atoms with Gasteiger partial charge in [0.15, 0.2) is 0 Å². The number of β-amino-alcohol motifs (C(OH)–C–C–N with tert-alkyl or cyclic N) is 1. The zero-order valence-corrected chi connectivity index (χ0v) is 11.7. The third-order valence-electron chi connectivity index (χ3n) is 3.72. The quantitative estimate of drug-likeness (QED) is 0.775. The lowest BCUT2D eigenvalue weighted by atomic mass is 10.1. The number of aliphatic hydroxyl groups is 1. The standard InChI is InChI=1S/C15H23N3O2/c16-14(12-13-4-2-1-3-5-13)15(20)18-8-6-17(7-9-18)10-11-19/h1-5,14,19H,6-12,16H2/t14-/m0/s1. The van der Waals surface area contributed by atoms with E-state index in [0.717, 1.165) is 18.7 Å². The van der Waals surface area contributed by atoms with Gasteiger partial charge in [-0.1, -0.05) is 30.3 Å². The van der Waals surface area contributed by atoms with E-state index in [1.54, 1.807) is 0 Å². The Hall–Kier alpha value is -1.43. The van der Waals surface area contributed by atoms with E-state index < -0.39 is 6.04 Å². The summed E-state index contributed by atoms with van der Waals surface area (Å²) < 4.78 is 0. The Balaban J connectivity index is 1.82. The van der Waals surface area contributed by atoms with Gasteiger partial charge < -0.3 is 15.7 Å². The summed E-state index contributed by atoms with van der Waals surface area (Å²) in [6, 6.07) is 9.39. The number of amides is 1. The molecule has 1 aliphatic heterocycles. The summed E-state index contributed by atoms with van der Waals surface area (Å²) in [6.07, 6.45) is 0.580. The number of carbonyl (C=O) groups is 1. The van der Waals surface area contributed by atoms with Gasteiger partial charge in [0.05, 0.1) is 12.6 Å². The molecule has 110 valence electrons. The van der Waals surface area contributed by atoms with E-state index in [2.05, 4.69) is 4.90 Å². The number of hydrogen-bond donors (Lipinski definition) is 2. The Morgan fingerprint density at radius 3 is 2.45 bits per heavy atom. The smallest absolute Gasteiger partial charge is 0.239 e. The number of benzene rings is 1. The highest BCUT2D eigenvalue weighted by molar-refractivity contribution is 5.82. The van der Waals surface area contributed by atoms with Crippen molar-refractivity contribution in [1.29, 1.82) is 0 Å². The molecule has 1 amide bonds. The van der Waals surface area contributed by atoms with Crippen LogP contribution in [0, 0.1) is 0 Å². The monoisotopic (exact) mass is 277 g/mol. The molecule has 3 N–H and O–H groups in total. The van der Waals surface area contributed by atoms with Crippen LogP contribution in [-0.2, 0) is 11.2 Å². The molecule has 0 bridgehead atoms. The number of piperazine rings is 1. The molecule has 1 saturated heterocycles. The average molecular weight is 277 g/mol. The van der Waals surface area contributed by atoms with Crippen molar-refractivity contribution in [1.82, 2.24) is 9.80 Å². The van der Waals surface area contributed by atoms with Crippen molar-refractivity contribution in [2.45, 2.75) is 12.5 Å². The number of aliphatic hydroxyl groups excluding tert-OH is 1. The summed E-state index contributed by atoms with van der Waals surface area (Å²) in [5.41, 5.74) is 7.12. The lowest BCUT2D eigenvalue weighted by Gasteiger charge is -2.35. The van der Waals surface area contributed by atoms with Crippen molar-refractivity contribution in [3.05, 3.63) is 35.9 Å². The van der Waals surface area contributed by atoms with Crippen LogP contribution >= 0.6 is 0 Å². The molecule has 0 unspecified atom stereocenters. The van der Waals surface area contributed by atoms with Crippen LogP contribution in [0.5, 0.6) is 0 Å². The van der Waals surface area contributed by atoms with E-state index in [-0.39, 0.29) is 12.5 Å². The van der Waals surface area contributed by atoms with Crippen LogP contribution in [0.3, 0.4) is 0 Å². The second-order valence-electron chi connectivity index (χ2n) is 5.19. The van der Waals surface area contributed by atoms with Crippen molar-refractivity contribution in [3.63, 3.8) is 0 Å². The van der Waals surface area contributed by atoms with Gasteiger partial charge in [-0.15, -0.1) is 0 Å². The number of carbonyl (C=O) groups excluding carboxylic acids is 1. The molecular formula is C15H23N3O2. The minimum Gasteiger partial charge on any atom is -0.395 e. The van der Waals surface area contributed by atoms with Crippen LogP contribution in [0.4, 0.5) is 0 Å². The summed E-state index contributed by atoms with van der Waals surface area (Å²) in [6.45, 7) is 3.86. The molecule has 1 aromatic carbocycles. The fraction of sp³-hybridized carbons (Fsp3) is 0.533. The van der Waals surface area contributed by atoms with Crippen molar-refractivity contribution >= 4 is 5.91 Å². The first-order valence-electron chi connectivity index (χ1n) is 7.12. The third kappa shape index (κ3) is 4.03. The topological polar surface area (TPSA) is 69.8 Å². The largest absolute Gasteiger partial charge is 0.395 e. The van der Waals surface area contributed by atoms with Gasteiger partial charge in [0, 0.05) is 32.7 Å². The molecule has 2 rings (SSSR count). The van der Waals surface area contributed by atoms with Gasteiger partial charge in [0.1, 0.15) is 0 Å². The molecule has 1 aromatic rings. The molecule has 0 aliphatic carbocycles. The van der Waals surface area contributed by atoms with E-state index in [1.807, 2.05) is 35.2 Å². The molecule has 0 radical (unpaired) electrons. The average Bonchev–Trinajstić information content (AvgIpc) is 2.48. The van der Waals surface area contributed by atoms with Gasteiger partial charge in [-0.25, -0.2) is 0 Å². The highest BCUT2D eigenvalue weighted by atomic mass is 16.3. The Morgan fingerprint density at radius 2 is 1.85 bits per heavy atom. The molecular weight excluding hydrogens is 254 g/mol. The minimum absolute atomic E-state index is 0.0255. The first-order valence-corrected chi connectivity index (χ1v) is 7.12. The predicted molar refractivity (Wildman–Crippen MR) is 78.2 cm³/mol. The number of hydrogen-bond acceptors (Lipinski definition) is 4. The molecule has 0 spiro atoms. The number of rotatable bonds is 5. The summed E-state index contributed by atoms with van der Waals surface area (Å²) >= 11 is 0. The maximum absolute atomic E-state index is 12.3. The maximum Gasteiger partial charge on any atom is 0.239 e. The molecule has 1 aliphatic rings. The molecule has 1 fully saturated rings. The van der Waals surface area contributed by atoms with E-state index in [4.69, 9.17) is 10.8 Å². The molecule has 1 heterocycles. The Bertz CT molecular complexity index is 416. The van der Waals surface area contributed by atoms with Gasteiger partial charge in [-0.05, 0) is 12.0 Å².